The van der Waals surface area contributed by atoms with E-state index in [4.69, 9.17) is 0 Å². The number of allylic oxidation sites excluding steroid dienone is 2. The van der Waals surface area contributed by atoms with Crippen molar-refractivity contribution >= 4 is 16.7 Å². The number of nitro groups is 1. The lowest BCUT2D eigenvalue weighted by atomic mass is 10.1. The highest BCUT2D eigenvalue weighted by Gasteiger charge is 2.23. The number of nitrogens with one attached hydrogen (secondary N) is 1. The van der Waals surface area contributed by atoms with Gasteiger partial charge in [0.2, 0.25) is 0 Å². The van der Waals surface area contributed by atoms with Crippen molar-refractivity contribution in [2.45, 2.75) is 20.3 Å². The van der Waals surface area contributed by atoms with Crippen LogP contribution in [0.2, 0.25) is 0 Å². The normalized spacial score (nSPS) is 10.9. The lowest BCUT2D eigenvalue weighted by Gasteiger charge is -2.01. The van der Waals surface area contributed by atoms with Gasteiger partial charge in [-0.2, -0.15) is 0 Å². The number of imidazole rings is 1. The first kappa shape index (κ1) is 16.8. The van der Waals surface area contributed by atoms with E-state index in [0.717, 1.165) is 17.7 Å². The quantitative estimate of drug-likeness (QED) is 0.415. The molecule has 1 aromatic heterocycles. The fourth-order valence-electron chi connectivity index (χ4n) is 2.63. The van der Waals surface area contributed by atoms with Crippen molar-refractivity contribution in [3.63, 3.8) is 0 Å². The van der Waals surface area contributed by atoms with Crippen LogP contribution in [0.3, 0.4) is 0 Å². The van der Waals surface area contributed by atoms with Gasteiger partial charge in [0.05, 0.1) is 16.0 Å². The van der Waals surface area contributed by atoms with Crippen molar-refractivity contribution < 1.29 is 13.7 Å². The highest BCUT2D eigenvalue weighted by atomic mass is 19.1. The molecule has 25 heavy (non-hydrogen) atoms. The average Bonchev–Trinajstić information content (AvgIpc) is 2.95. The number of halogens is 2. The summed E-state index contributed by atoms with van der Waals surface area (Å²) in [6, 6.07) is 6.72. The molecule has 128 valence electrons. The molecule has 0 unspecified atom stereocenters. The first-order valence-electron chi connectivity index (χ1n) is 7.62. The Morgan fingerprint density at radius 3 is 2.52 bits per heavy atom. The van der Waals surface area contributed by atoms with Gasteiger partial charge in [-0.3, -0.25) is 10.1 Å². The number of nitrogens with zero attached hydrogens (tertiary/aromatic N) is 2. The van der Waals surface area contributed by atoms with Crippen LogP contribution in [0.4, 0.5) is 14.5 Å². The first-order valence-corrected chi connectivity index (χ1v) is 7.62. The molecule has 0 fully saturated rings. The fourth-order valence-corrected chi connectivity index (χ4v) is 2.63. The van der Waals surface area contributed by atoms with Gasteiger partial charge in [0.25, 0.3) is 0 Å². The van der Waals surface area contributed by atoms with Crippen LogP contribution in [0.5, 0.6) is 0 Å². The number of H-pyrrole nitrogens is 1. The van der Waals surface area contributed by atoms with Crippen LogP contribution in [-0.4, -0.2) is 14.9 Å². The van der Waals surface area contributed by atoms with E-state index in [9.17, 15) is 18.9 Å². The minimum Gasteiger partial charge on any atom is -0.338 e. The predicted octanol–water partition coefficient (Wildman–Crippen LogP) is 4.93. The van der Waals surface area contributed by atoms with E-state index in [0.29, 0.717) is 17.5 Å². The van der Waals surface area contributed by atoms with E-state index in [2.05, 4.69) is 9.97 Å². The largest absolute Gasteiger partial charge is 0.338 e. The predicted molar refractivity (Wildman–Crippen MR) is 91.2 cm³/mol. The highest BCUT2D eigenvalue weighted by Crippen LogP contribution is 2.32. The summed E-state index contributed by atoms with van der Waals surface area (Å²) in [4.78, 5) is 17.9. The summed E-state index contributed by atoms with van der Waals surface area (Å²) >= 11 is 0. The smallest absolute Gasteiger partial charge is 0.300 e. The number of aromatic amines is 1. The Morgan fingerprint density at radius 1 is 1.24 bits per heavy atom. The summed E-state index contributed by atoms with van der Waals surface area (Å²) in [6.07, 6.45) is 2.25. The summed E-state index contributed by atoms with van der Waals surface area (Å²) < 4.78 is 27.9. The van der Waals surface area contributed by atoms with Crippen molar-refractivity contribution in [2.24, 2.45) is 0 Å². The van der Waals surface area contributed by atoms with Crippen molar-refractivity contribution in [1.82, 2.24) is 9.97 Å². The Morgan fingerprint density at radius 2 is 1.92 bits per heavy atom. The standard InChI is InChI=1S/C18H15F2N3O2/c1-10(2)6-7-11-8-9-14-16(17(11)23(24)25)22-18(21-14)15-12(19)4-3-5-13(15)20/h3-6,8-9H,7H2,1-2H3,(H,21,22). The molecule has 1 heterocycles. The summed E-state index contributed by atoms with van der Waals surface area (Å²) in [7, 11) is 0. The number of nitro benzene ring substituents is 1. The number of fused-ring (bicyclic) bond motifs is 1. The molecule has 5 nitrogen and oxygen atoms in total. The molecule has 2 aromatic carbocycles. The van der Waals surface area contributed by atoms with E-state index in [1.54, 1.807) is 12.1 Å². The van der Waals surface area contributed by atoms with Crippen molar-refractivity contribution in [1.29, 1.82) is 0 Å². The number of hydrogen-bond donors (Lipinski definition) is 1. The van der Waals surface area contributed by atoms with Gasteiger partial charge in [0, 0.05) is 5.56 Å². The minimum absolute atomic E-state index is 0.0759. The molecule has 0 saturated carbocycles. The first-order chi connectivity index (χ1) is 11.9. The molecule has 0 saturated heterocycles. The molecule has 7 heteroatoms. The van der Waals surface area contributed by atoms with Gasteiger partial charge < -0.3 is 4.98 Å². The van der Waals surface area contributed by atoms with Gasteiger partial charge in [0.1, 0.15) is 17.5 Å². The van der Waals surface area contributed by atoms with Crippen LogP contribution >= 0.6 is 0 Å². The molecule has 3 aromatic rings. The second kappa shape index (κ2) is 6.43. The maximum Gasteiger partial charge on any atom is 0.300 e. The molecular weight excluding hydrogens is 328 g/mol. The van der Waals surface area contributed by atoms with Gasteiger partial charge >= 0.3 is 5.69 Å². The lowest BCUT2D eigenvalue weighted by molar-refractivity contribution is -0.383. The Bertz CT molecular complexity index is 985. The van der Waals surface area contributed by atoms with Crippen LogP contribution in [0, 0.1) is 21.7 Å². The van der Waals surface area contributed by atoms with Crippen molar-refractivity contribution in [3.05, 3.63) is 69.3 Å². The number of hydrogen-bond acceptors (Lipinski definition) is 3. The SMILES string of the molecule is CC(C)=CCc1ccc2[nH]c(-c3c(F)cccc3F)nc2c1[N+](=O)[O-]. The highest BCUT2D eigenvalue weighted by molar-refractivity contribution is 5.89. The van der Waals surface area contributed by atoms with Crippen LogP contribution in [0.15, 0.2) is 42.0 Å². The maximum absolute atomic E-state index is 14.0. The van der Waals surface area contributed by atoms with Gasteiger partial charge in [0.15, 0.2) is 5.52 Å². The van der Waals surface area contributed by atoms with Crippen molar-refractivity contribution in [3.8, 4) is 11.4 Å². The van der Waals surface area contributed by atoms with E-state index >= 15 is 0 Å². The molecule has 0 spiro atoms. The zero-order chi connectivity index (χ0) is 18.1. The minimum atomic E-state index is -0.786. The van der Waals surface area contributed by atoms with Gasteiger partial charge in [-0.15, -0.1) is 0 Å². The van der Waals surface area contributed by atoms with Gasteiger partial charge in [-0.05, 0) is 44.5 Å². The Hall–Kier alpha value is -3.09. The lowest BCUT2D eigenvalue weighted by Crippen LogP contribution is -1.96. The van der Waals surface area contributed by atoms with E-state index < -0.39 is 16.6 Å². The second-order valence-corrected chi connectivity index (χ2v) is 5.89. The third-order valence-electron chi connectivity index (χ3n) is 3.82. The summed E-state index contributed by atoms with van der Waals surface area (Å²) in [5, 5.41) is 11.5. The third-order valence-corrected chi connectivity index (χ3v) is 3.82. The molecular formula is C18H15F2N3O2. The molecule has 0 amide bonds. The number of aromatic nitrogens is 2. The Balaban J connectivity index is 2.22. The van der Waals surface area contributed by atoms with Crippen molar-refractivity contribution in [2.75, 3.05) is 0 Å². The average molecular weight is 343 g/mol. The molecule has 0 bridgehead atoms. The Labute approximate surface area is 142 Å². The van der Waals surface area contributed by atoms with Gasteiger partial charge in [-0.25, -0.2) is 13.8 Å². The van der Waals surface area contributed by atoms with Crippen LogP contribution in [0.1, 0.15) is 19.4 Å². The molecule has 0 aliphatic heterocycles. The zero-order valence-electron chi connectivity index (χ0n) is 13.6. The van der Waals surface area contributed by atoms with E-state index in [-0.39, 0.29) is 22.6 Å². The monoisotopic (exact) mass is 343 g/mol. The Kier molecular flexibility index (Phi) is 4.31. The number of benzene rings is 2. The van der Waals surface area contributed by atoms with E-state index in [1.807, 2.05) is 19.9 Å². The summed E-state index contributed by atoms with van der Waals surface area (Å²) in [6.45, 7) is 3.80. The molecule has 0 aliphatic carbocycles. The molecule has 0 radical (unpaired) electrons. The second-order valence-electron chi connectivity index (χ2n) is 5.89. The fraction of sp³-hybridized carbons (Fsp3) is 0.167. The summed E-state index contributed by atoms with van der Waals surface area (Å²) in [5.41, 5.74) is 1.47. The maximum atomic E-state index is 14.0. The van der Waals surface area contributed by atoms with Crippen LogP contribution < -0.4 is 0 Å². The van der Waals surface area contributed by atoms with E-state index in [1.165, 1.54) is 6.07 Å². The van der Waals surface area contributed by atoms with Crippen LogP contribution in [-0.2, 0) is 6.42 Å². The van der Waals surface area contributed by atoms with Crippen LogP contribution in [0.25, 0.3) is 22.4 Å². The zero-order valence-corrected chi connectivity index (χ0v) is 13.6. The molecule has 3 rings (SSSR count). The molecule has 0 aliphatic rings. The number of rotatable bonds is 4. The molecule has 1 N–H and O–H groups in total. The topological polar surface area (TPSA) is 71.8 Å². The summed E-state index contributed by atoms with van der Waals surface area (Å²) in [5.74, 6) is -1.65. The third kappa shape index (κ3) is 3.13. The van der Waals surface area contributed by atoms with Gasteiger partial charge in [-0.1, -0.05) is 17.7 Å². The molecule has 0 atom stereocenters.